The first-order chi connectivity index (χ1) is 8.00. The lowest BCUT2D eigenvalue weighted by Crippen LogP contribution is -2.14. The SMILES string of the molecule is CCc1[nH]c(CC2CCNC2)nc1C(C)(C)C. The minimum Gasteiger partial charge on any atom is -0.346 e. The zero-order valence-electron chi connectivity index (χ0n) is 11.6. The third-order valence-corrected chi connectivity index (χ3v) is 3.54. The first-order valence-electron chi connectivity index (χ1n) is 6.79. The molecular weight excluding hydrogens is 210 g/mol. The van der Waals surface area contributed by atoms with Crippen LogP contribution in [0.3, 0.4) is 0 Å². The summed E-state index contributed by atoms with van der Waals surface area (Å²) in [6, 6.07) is 0. The average Bonchev–Trinajstić information content (AvgIpc) is 2.86. The molecule has 0 aromatic carbocycles. The molecule has 0 aliphatic carbocycles. The molecule has 1 unspecified atom stereocenters. The minimum atomic E-state index is 0.147. The second-order valence-electron chi connectivity index (χ2n) is 6.18. The quantitative estimate of drug-likeness (QED) is 0.844. The first kappa shape index (κ1) is 12.6. The molecule has 1 aromatic heterocycles. The van der Waals surface area contributed by atoms with E-state index in [1.165, 1.54) is 23.6 Å². The number of nitrogens with zero attached hydrogens (tertiary/aromatic N) is 1. The smallest absolute Gasteiger partial charge is 0.106 e. The van der Waals surface area contributed by atoms with Crippen LogP contribution in [-0.2, 0) is 18.3 Å². The minimum absolute atomic E-state index is 0.147. The Bertz CT molecular complexity index is 367. The summed E-state index contributed by atoms with van der Waals surface area (Å²) in [5.41, 5.74) is 2.72. The van der Waals surface area contributed by atoms with E-state index in [0.717, 1.165) is 31.8 Å². The molecule has 1 aliphatic heterocycles. The number of aromatic nitrogens is 2. The average molecular weight is 235 g/mol. The highest BCUT2D eigenvalue weighted by Crippen LogP contribution is 2.25. The number of aryl methyl sites for hydroxylation is 1. The van der Waals surface area contributed by atoms with Gasteiger partial charge in [0.05, 0.1) is 5.69 Å². The standard InChI is InChI=1S/C14H25N3/c1-5-11-13(14(2,3)4)17-12(16-11)8-10-6-7-15-9-10/h10,15H,5-9H2,1-4H3,(H,16,17). The molecule has 1 aromatic rings. The van der Waals surface area contributed by atoms with E-state index in [-0.39, 0.29) is 5.41 Å². The van der Waals surface area contributed by atoms with Crippen molar-refractivity contribution in [3.05, 3.63) is 17.2 Å². The maximum Gasteiger partial charge on any atom is 0.106 e. The molecule has 2 N–H and O–H groups in total. The van der Waals surface area contributed by atoms with Gasteiger partial charge in [-0.25, -0.2) is 4.98 Å². The zero-order valence-corrected chi connectivity index (χ0v) is 11.6. The number of aromatic amines is 1. The summed E-state index contributed by atoms with van der Waals surface area (Å²) in [7, 11) is 0. The topological polar surface area (TPSA) is 40.7 Å². The van der Waals surface area contributed by atoms with Gasteiger partial charge in [-0.15, -0.1) is 0 Å². The molecule has 0 amide bonds. The van der Waals surface area contributed by atoms with Crippen molar-refractivity contribution in [1.29, 1.82) is 0 Å². The van der Waals surface area contributed by atoms with Crippen molar-refractivity contribution in [1.82, 2.24) is 15.3 Å². The molecular formula is C14H25N3. The van der Waals surface area contributed by atoms with Gasteiger partial charge in [-0.3, -0.25) is 0 Å². The third kappa shape index (κ3) is 2.89. The van der Waals surface area contributed by atoms with Gasteiger partial charge in [0.1, 0.15) is 5.82 Å². The highest BCUT2D eigenvalue weighted by molar-refractivity contribution is 5.22. The second-order valence-corrected chi connectivity index (χ2v) is 6.18. The lowest BCUT2D eigenvalue weighted by Gasteiger charge is -2.16. The van der Waals surface area contributed by atoms with Crippen LogP contribution in [0.25, 0.3) is 0 Å². The van der Waals surface area contributed by atoms with Gasteiger partial charge in [0.2, 0.25) is 0 Å². The van der Waals surface area contributed by atoms with Crippen LogP contribution in [0.5, 0.6) is 0 Å². The Morgan fingerprint density at radius 2 is 2.12 bits per heavy atom. The van der Waals surface area contributed by atoms with E-state index in [2.05, 4.69) is 38.0 Å². The number of hydrogen-bond donors (Lipinski definition) is 2. The molecule has 1 aliphatic rings. The van der Waals surface area contributed by atoms with Crippen LogP contribution in [0.2, 0.25) is 0 Å². The van der Waals surface area contributed by atoms with Gasteiger partial charge in [-0.2, -0.15) is 0 Å². The Hall–Kier alpha value is -0.830. The largest absolute Gasteiger partial charge is 0.346 e. The van der Waals surface area contributed by atoms with Crippen LogP contribution in [0.15, 0.2) is 0 Å². The fourth-order valence-electron chi connectivity index (χ4n) is 2.60. The Labute approximate surface area is 104 Å². The van der Waals surface area contributed by atoms with E-state index < -0.39 is 0 Å². The second kappa shape index (κ2) is 4.81. The zero-order chi connectivity index (χ0) is 12.5. The van der Waals surface area contributed by atoms with Crippen LogP contribution < -0.4 is 5.32 Å². The molecule has 1 saturated heterocycles. The van der Waals surface area contributed by atoms with Crippen LogP contribution in [0.4, 0.5) is 0 Å². The van der Waals surface area contributed by atoms with Gasteiger partial charge >= 0.3 is 0 Å². The summed E-state index contributed by atoms with van der Waals surface area (Å²) in [6.07, 6.45) is 3.42. The highest BCUT2D eigenvalue weighted by Gasteiger charge is 2.23. The van der Waals surface area contributed by atoms with Gasteiger partial charge < -0.3 is 10.3 Å². The van der Waals surface area contributed by atoms with Gasteiger partial charge in [-0.1, -0.05) is 27.7 Å². The Kier molecular flexibility index (Phi) is 3.57. The van der Waals surface area contributed by atoms with Crippen molar-refractivity contribution < 1.29 is 0 Å². The molecule has 2 heterocycles. The molecule has 1 fully saturated rings. The monoisotopic (exact) mass is 235 g/mol. The van der Waals surface area contributed by atoms with E-state index in [1.807, 2.05) is 0 Å². The van der Waals surface area contributed by atoms with E-state index in [0.29, 0.717) is 0 Å². The number of rotatable bonds is 3. The van der Waals surface area contributed by atoms with E-state index in [9.17, 15) is 0 Å². The molecule has 0 saturated carbocycles. The first-order valence-corrected chi connectivity index (χ1v) is 6.79. The molecule has 3 nitrogen and oxygen atoms in total. The van der Waals surface area contributed by atoms with Crippen LogP contribution in [0.1, 0.15) is 51.3 Å². The third-order valence-electron chi connectivity index (χ3n) is 3.54. The van der Waals surface area contributed by atoms with Gasteiger partial charge in [0, 0.05) is 17.5 Å². The predicted octanol–water partition coefficient (Wildman–Crippen LogP) is 2.42. The Balaban J connectivity index is 2.15. The van der Waals surface area contributed by atoms with Crippen LogP contribution in [-0.4, -0.2) is 23.1 Å². The van der Waals surface area contributed by atoms with E-state index in [4.69, 9.17) is 4.98 Å². The van der Waals surface area contributed by atoms with E-state index in [1.54, 1.807) is 0 Å². The molecule has 0 spiro atoms. The van der Waals surface area contributed by atoms with Crippen LogP contribution in [0, 0.1) is 5.92 Å². The number of hydrogen-bond acceptors (Lipinski definition) is 2. The highest BCUT2D eigenvalue weighted by atomic mass is 15.0. The van der Waals surface area contributed by atoms with Crippen molar-refractivity contribution in [2.75, 3.05) is 13.1 Å². The fourth-order valence-corrected chi connectivity index (χ4v) is 2.60. The molecule has 1 atom stereocenters. The van der Waals surface area contributed by atoms with Crippen molar-refractivity contribution in [3.63, 3.8) is 0 Å². The summed E-state index contributed by atoms with van der Waals surface area (Å²) in [5, 5.41) is 3.42. The maximum absolute atomic E-state index is 4.83. The molecule has 0 radical (unpaired) electrons. The van der Waals surface area contributed by atoms with Gasteiger partial charge in [-0.05, 0) is 31.8 Å². The molecule has 0 bridgehead atoms. The number of H-pyrrole nitrogens is 1. The lowest BCUT2D eigenvalue weighted by molar-refractivity contribution is 0.549. The van der Waals surface area contributed by atoms with Crippen molar-refractivity contribution in [2.45, 2.75) is 52.4 Å². The summed E-state index contributed by atoms with van der Waals surface area (Å²) in [5.74, 6) is 1.94. The Morgan fingerprint density at radius 1 is 1.35 bits per heavy atom. The summed E-state index contributed by atoms with van der Waals surface area (Å²) in [4.78, 5) is 8.36. The molecule has 17 heavy (non-hydrogen) atoms. The van der Waals surface area contributed by atoms with E-state index >= 15 is 0 Å². The summed E-state index contributed by atoms with van der Waals surface area (Å²) >= 11 is 0. The maximum atomic E-state index is 4.83. The predicted molar refractivity (Wildman–Crippen MR) is 71.3 cm³/mol. The van der Waals surface area contributed by atoms with Crippen LogP contribution >= 0.6 is 0 Å². The van der Waals surface area contributed by atoms with Crippen molar-refractivity contribution in [2.24, 2.45) is 5.92 Å². The number of nitrogens with one attached hydrogen (secondary N) is 2. The summed E-state index contributed by atoms with van der Waals surface area (Å²) < 4.78 is 0. The van der Waals surface area contributed by atoms with Gasteiger partial charge in [0.25, 0.3) is 0 Å². The molecule has 3 heteroatoms. The van der Waals surface area contributed by atoms with Crippen molar-refractivity contribution in [3.8, 4) is 0 Å². The lowest BCUT2D eigenvalue weighted by atomic mass is 9.90. The fraction of sp³-hybridized carbons (Fsp3) is 0.786. The Morgan fingerprint density at radius 3 is 2.59 bits per heavy atom. The molecule has 96 valence electrons. The summed E-state index contributed by atoms with van der Waals surface area (Å²) in [6.45, 7) is 11.2. The van der Waals surface area contributed by atoms with Crippen molar-refractivity contribution >= 4 is 0 Å². The van der Waals surface area contributed by atoms with Gasteiger partial charge in [0.15, 0.2) is 0 Å². The molecule has 2 rings (SSSR count). The number of imidazole rings is 1. The normalized spacial score (nSPS) is 21.1.